The third-order valence-electron chi connectivity index (χ3n) is 3.74. The van der Waals surface area contributed by atoms with Crippen molar-refractivity contribution in [1.29, 1.82) is 0 Å². The third-order valence-corrected chi connectivity index (χ3v) is 4.84. The van der Waals surface area contributed by atoms with E-state index >= 15 is 0 Å². The van der Waals surface area contributed by atoms with Gasteiger partial charge in [0.2, 0.25) is 0 Å². The Labute approximate surface area is 124 Å². The number of nitrogens with zero attached hydrogens (tertiary/aromatic N) is 2. The second-order valence-corrected chi connectivity index (χ2v) is 6.17. The minimum Gasteiger partial charge on any atom is -0.497 e. The molecule has 0 bridgehead atoms. The molecule has 1 atom stereocenters. The number of methoxy groups -OCH3 is 1. The number of alkyl halides is 3. The van der Waals surface area contributed by atoms with E-state index in [1.807, 2.05) is 12.1 Å². The van der Waals surface area contributed by atoms with Gasteiger partial charge in [-0.2, -0.15) is 13.2 Å². The van der Waals surface area contributed by atoms with Gasteiger partial charge in [0, 0.05) is 19.2 Å². The number of ether oxygens (including phenoxy) is 1. The summed E-state index contributed by atoms with van der Waals surface area (Å²) in [5, 5.41) is 0.659. The Morgan fingerprint density at radius 2 is 2.19 bits per heavy atom. The molecule has 0 amide bonds. The van der Waals surface area contributed by atoms with E-state index in [9.17, 15) is 13.2 Å². The topological polar surface area (TPSA) is 25.4 Å². The molecule has 3 rings (SSSR count). The zero-order valence-corrected chi connectivity index (χ0v) is 12.3. The van der Waals surface area contributed by atoms with Crippen LogP contribution in [-0.4, -0.2) is 31.4 Å². The Morgan fingerprint density at radius 3 is 2.90 bits per heavy atom. The summed E-state index contributed by atoms with van der Waals surface area (Å²) in [6, 6.07) is 5.53. The van der Waals surface area contributed by atoms with Crippen LogP contribution in [0.3, 0.4) is 0 Å². The summed E-state index contributed by atoms with van der Waals surface area (Å²) >= 11 is 1.43. The van der Waals surface area contributed by atoms with Gasteiger partial charge >= 0.3 is 6.18 Å². The van der Waals surface area contributed by atoms with Gasteiger partial charge in [0.15, 0.2) is 5.13 Å². The summed E-state index contributed by atoms with van der Waals surface area (Å²) in [6.07, 6.45) is -3.37. The number of hydrogen-bond donors (Lipinski definition) is 0. The van der Waals surface area contributed by atoms with Gasteiger partial charge in [0.05, 0.1) is 23.2 Å². The van der Waals surface area contributed by atoms with Crippen molar-refractivity contribution in [2.24, 2.45) is 5.92 Å². The Kier molecular flexibility index (Phi) is 3.69. The van der Waals surface area contributed by atoms with Crippen LogP contribution in [-0.2, 0) is 0 Å². The molecular formula is C14H15F3N2OS. The lowest BCUT2D eigenvalue weighted by atomic mass is 9.98. The lowest BCUT2D eigenvalue weighted by molar-refractivity contribution is -0.175. The number of rotatable bonds is 2. The van der Waals surface area contributed by atoms with Gasteiger partial charge in [-0.05, 0) is 25.0 Å². The average Bonchev–Trinajstić information content (AvgIpc) is 2.89. The number of aromatic nitrogens is 1. The van der Waals surface area contributed by atoms with E-state index < -0.39 is 12.1 Å². The number of halogens is 3. The predicted molar refractivity (Wildman–Crippen MR) is 77.2 cm³/mol. The molecule has 1 aliphatic rings. The highest BCUT2D eigenvalue weighted by atomic mass is 32.1. The van der Waals surface area contributed by atoms with Crippen molar-refractivity contribution in [2.75, 3.05) is 25.1 Å². The Morgan fingerprint density at radius 1 is 1.38 bits per heavy atom. The molecule has 21 heavy (non-hydrogen) atoms. The molecule has 0 N–H and O–H groups in total. The molecule has 0 saturated carbocycles. The fourth-order valence-corrected chi connectivity index (χ4v) is 3.56. The molecule has 7 heteroatoms. The fraction of sp³-hybridized carbons (Fsp3) is 0.500. The van der Waals surface area contributed by atoms with E-state index in [0.717, 1.165) is 10.2 Å². The van der Waals surface area contributed by atoms with Crippen molar-refractivity contribution in [3.63, 3.8) is 0 Å². The van der Waals surface area contributed by atoms with Crippen molar-refractivity contribution in [3.05, 3.63) is 18.2 Å². The zero-order chi connectivity index (χ0) is 15.0. The first kappa shape index (κ1) is 14.4. The first-order valence-electron chi connectivity index (χ1n) is 6.73. The molecule has 2 aromatic rings. The van der Waals surface area contributed by atoms with Crippen molar-refractivity contribution < 1.29 is 17.9 Å². The first-order chi connectivity index (χ1) is 9.97. The van der Waals surface area contributed by atoms with E-state index in [4.69, 9.17) is 4.74 Å². The molecule has 2 heterocycles. The van der Waals surface area contributed by atoms with Crippen molar-refractivity contribution in [2.45, 2.75) is 19.0 Å². The quantitative estimate of drug-likeness (QED) is 0.834. The Hall–Kier alpha value is -1.50. The number of anilines is 1. The van der Waals surface area contributed by atoms with Crippen molar-refractivity contribution in [3.8, 4) is 5.75 Å². The van der Waals surface area contributed by atoms with Crippen LogP contribution in [0.1, 0.15) is 12.8 Å². The van der Waals surface area contributed by atoms with Crippen molar-refractivity contribution in [1.82, 2.24) is 4.98 Å². The van der Waals surface area contributed by atoms with Gasteiger partial charge in [0.1, 0.15) is 5.75 Å². The maximum Gasteiger partial charge on any atom is 0.393 e. The summed E-state index contributed by atoms with van der Waals surface area (Å²) in [6.45, 7) is 0.629. The molecule has 1 unspecified atom stereocenters. The van der Waals surface area contributed by atoms with E-state index in [1.54, 1.807) is 18.1 Å². The monoisotopic (exact) mass is 316 g/mol. The third kappa shape index (κ3) is 2.92. The zero-order valence-electron chi connectivity index (χ0n) is 11.5. The maximum absolute atomic E-state index is 12.9. The van der Waals surface area contributed by atoms with Crippen molar-refractivity contribution >= 4 is 26.7 Å². The van der Waals surface area contributed by atoms with Crippen LogP contribution in [0.15, 0.2) is 18.2 Å². The molecule has 1 fully saturated rings. The molecule has 114 valence electrons. The van der Waals surface area contributed by atoms with Gasteiger partial charge in [-0.1, -0.05) is 11.3 Å². The van der Waals surface area contributed by atoms with Gasteiger partial charge in [-0.15, -0.1) is 0 Å². The van der Waals surface area contributed by atoms with Gasteiger partial charge in [0.25, 0.3) is 0 Å². The van der Waals surface area contributed by atoms with Crippen LogP contribution < -0.4 is 9.64 Å². The molecule has 1 saturated heterocycles. The molecular weight excluding hydrogens is 301 g/mol. The van der Waals surface area contributed by atoms with E-state index in [1.165, 1.54) is 11.3 Å². The average molecular weight is 316 g/mol. The normalized spacial score (nSPS) is 20.0. The number of fused-ring (bicyclic) bond motifs is 1. The van der Waals surface area contributed by atoms with Crippen LogP contribution in [0.5, 0.6) is 5.75 Å². The van der Waals surface area contributed by atoms with Crippen LogP contribution in [0, 0.1) is 5.92 Å². The second kappa shape index (κ2) is 5.36. The number of benzene rings is 1. The van der Waals surface area contributed by atoms with E-state index in [-0.39, 0.29) is 13.0 Å². The number of hydrogen-bond acceptors (Lipinski definition) is 4. The van der Waals surface area contributed by atoms with Crippen LogP contribution in [0.4, 0.5) is 18.3 Å². The summed E-state index contributed by atoms with van der Waals surface area (Å²) in [7, 11) is 1.58. The summed E-state index contributed by atoms with van der Waals surface area (Å²) < 4.78 is 44.7. The Balaban J connectivity index is 1.86. The van der Waals surface area contributed by atoms with E-state index in [0.29, 0.717) is 23.8 Å². The summed E-state index contributed by atoms with van der Waals surface area (Å²) in [5.41, 5.74) is 0.767. The van der Waals surface area contributed by atoms with Gasteiger partial charge in [-0.25, -0.2) is 4.98 Å². The number of piperidine rings is 1. The first-order valence-corrected chi connectivity index (χ1v) is 7.55. The Bertz CT molecular complexity index is 641. The SMILES string of the molecule is COc1ccc2sc(N3CCCC(C(F)(F)F)C3)nc2c1. The highest BCUT2D eigenvalue weighted by Crippen LogP contribution is 2.37. The predicted octanol–water partition coefficient (Wildman–Crippen LogP) is 4.08. The lowest BCUT2D eigenvalue weighted by Crippen LogP contribution is -2.41. The standard InChI is InChI=1S/C14H15F3N2OS/c1-20-10-4-5-12-11(7-10)18-13(21-12)19-6-2-3-9(8-19)14(15,16)17/h4-5,7,9H,2-3,6,8H2,1H3. The highest BCUT2D eigenvalue weighted by molar-refractivity contribution is 7.22. The lowest BCUT2D eigenvalue weighted by Gasteiger charge is -2.33. The van der Waals surface area contributed by atoms with Crippen LogP contribution in [0.2, 0.25) is 0 Å². The second-order valence-electron chi connectivity index (χ2n) is 5.16. The summed E-state index contributed by atoms with van der Waals surface area (Å²) in [4.78, 5) is 6.21. The molecule has 0 radical (unpaired) electrons. The molecule has 1 aromatic heterocycles. The highest BCUT2D eigenvalue weighted by Gasteiger charge is 2.42. The number of thiazole rings is 1. The summed E-state index contributed by atoms with van der Waals surface area (Å²) in [5.74, 6) is -0.557. The van der Waals surface area contributed by atoms with Crippen LogP contribution >= 0.6 is 11.3 Å². The molecule has 0 aliphatic carbocycles. The molecule has 1 aromatic carbocycles. The molecule has 1 aliphatic heterocycles. The molecule has 0 spiro atoms. The van der Waals surface area contributed by atoms with Gasteiger partial charge in [-0.3, -0.25) is 0 Å². The van der Waals surface area contributed by atoms with Gasteiger partial charge < -0.3 is 9.64 Å². The van der Waals surface area contributed by atoms with E-state index in [2.05, 4.69) is 4.98 Å². The fourth-order valence-electron chi connectivity index (χ4n) is 2.58. The maximum atomic E-state index is 12.9. The molecule has 3 nitrogen and oxygen atoms in total. The van der Waals surface area contributed by atoms with Crippen LogP contribution in [0.25, 0.3) is 10.2 Å². The smallest absolute Gasteiger partial charge is 0.393 e. The minimum atomic E-state index is -4.13. The largest absolute Gasteiger partial charge is 0.497 e. The minimum absolute atomic E-state index is 0.000453.